The minimum atomic E-state index is -4.23. The maximum absolute atomic E-state index is 15.2. The number of carbonyl (C=O) groups is 1. The van der Waals surface area contributed by atoms with Crippen LogP contribution >= 0.6 is 11.3 Å². The molecule has 2 aliphatic rings. The van der Waals surface area contributed by atoms with Gasteiger partial charge in [-0.25, -0.2) is 9.37 Å². The van der Waals surface area contributed by atoms with Gasteiger partial charge in [-0.15, -0.1) is 0 Å². The zero-order valence-corrected chi connectivity index (χ0v) is 18.0. The molecule has 5 nitrogen and oxygen atoms in total. The number of hydrogen-bond donors (Lipinski definition) is 1. The van der Waals surface area contributed by atoms with E-state index in [-0.39, 0.29) is 11.9 Å². The largest absolute Gasteiger partial charge is 0.470 e. The van der Waals surface area contributed by atoms with Crippen LogP contribution < -0.4 is 10.1 Å². The molecule has 0 radical (unpaired) electrons. The zero-order chi connectivity index (χ0) is 21.8. The fourth-order valence-corrected chi connectivity index (χ4v) is 5.07. The maximum Gasteiger partial charge on any atom is 0.392 e. The molecule has 1 aromatic heterocycles. The van der Waals surface area contributed by atoms with Gasteiger partial charge in [0, 0.05) is 43.9 Å². The number of aromatic nitrogens is 1. The van der Waals surface area contributed by atoms with Crippen molar-refractivity contribution in [2.75, 3.05) is 26.2 Å². The summed E-state index contributed by atoms with van der Waals surface area (Å²) in [6, 6.07) is 0.0826. The number of ether oxygens (including phenoxy) is 1. The number of alkyl halides is 4. The van der Waals surface area contributed by atoms with Gasteiger partial charge in [-0.05, 0) is 38.5 Å². The quantitative estimate of drug-likeness (QED) is 0.636. The van der Waals surface area contributed by atoms with E-state index in [0.717, 1.165) is 30.1 Å². The Morgan fingerprint density at radius 2 is 2.00 bits per heavy atom. The smallest absolute Gasteiger partial charge is 0.392 e. The first kappa shape index (κ1) is 23.2. The van der Waals surface area contributed by atoms with Crippen LogP contribution in [0, 0.1) is 0 Å². The predicted molar refractivity (Wildman–Crippen MR) is 107 cm³/mol. The van der Waals surface area contributed by atoms with E-state index in [2.05, 4.69) is 15.2 Å². The van der Waals surface area contributed by atoms with Crippen molar-refractivity contribution in [2.45, 2.75) is 76.2 Å². The lowest BCUT2D eigenvalue weighted by atomic mass is 9.81. The van der Waals surface area contributed by atoms with Gasteiger partial charge in [0.25, 0.3) is 5.19 Å². The lowest BCUT2D eigenvalue weighted by Crippen LogP contribution is -2.42. The summed E-state index contributed by atoms with van der Waals surface area (Å²) >= 11 is 1.32. The minimum Gasteiger partial charge on any atom is -0.470 e. The second-order valence-electron chi connectivity index (χ2n) is 8.28. The van der Waals surface area contributed by atoms with Crippen LogP contribution in [0.1, 0.15) is 56.0 Å². The highest BCUT2D eigenvalue weighted by Gasteiger charge is 2.36. The van der Waals surface area contributed by atoms with Crippen molar-refractivity contribution in [1.29, 1.82) is 0 Å². The number of rotatable bonds is 7. The Labute approximate surface area is 178 Å². The molecule has 1 N–H and O–H groups in total. The lowest BCUT2D eigenvalue weighted by molar-refractivity contribution is -0.139. The molecule has 0 saturated heterocycles. The zero-order valence-electron chi connectivity index (χ0n) is 17.2. The van der Waals surface area contributed by atoms with Gasteiger partial charge in [0.1, 0.15) is 5.67 Å². The van der Waals surface area contributed by atoms with Crippen LogP contribution in [0.3, 0.4) is 0 Å². The number of fused-ring (bicyclic) bond motifs is 1. The number of thiazole rings is 1. The fourth-order valence-electron chi connectivity index (χ4n) is 4.10. The molecule has 1 fully saturated rings. The Morgan fingerprint density at radius 1 is 1.30 bits per heavy atom. The third-order valence-electron chi connectivity index (χ3n) is 5.85. The van der Waals surface area contributed by atoms with Crippen LogP contribution in [0.25, 0.3) is 0 Å². The molecule has 0 unspecified atom stereocenters. The van der Waals surface area contributed by atoms with Crippen molar-refractivity contribution < 1.29 is 27.1 Å². The summed E-state index contributed by atoms with van der Waals surface area (Å²) in [6.45, 7) is 3.28. The minimum absolute atomic E-state index is 0.0640. The molecular formula is C20H29F4N3O2S. The van der Waals surface area contributed by atoms with Crippen LogP contribution in [-0.4, -0.2) is 59.9 Å². The normalized spacial score (nSPS) is 25.4. The summed E-state index contributed by atoms with van der Waals surface area (Å²) < 4.78 is 57.0. The molecule has 2 heterocycles. The SMILES string of the molecule is CC(=O)NC1CCC(F)(CCN2CCc3nc(OCCC(F)(F)F)sc3CC2)CC1. The highest BCUT2D eigenvalue weighted by Crippen LogP contribution is 2.35. The van der Waals surface area contributed by atoms with Crippen LogP contribution in [0.4, 0.5) is 17.6 Å². The molecule has 0 spiro atoms. The van der Waals surface area contributed by atoms with Crippen LogP contribution in [0.2, 0.25) is 0 Å². The highest BCUT2D eigenvalue weighted by atomic mass is 32.1. The summed E-state index contributed by atoms with van der Waals surface area (Å²) in [7, 11) is 0. The molecule has 1 aliphatic heterocycles. The predicted octanol–water partition coefficient (Wildman–Crippen LogP) is 4.05. The van der Waals surface area contributed by atoms with Crippen LogP contribution in [0.15, 0.2) is 0 Å². The molecule has 0 bridgehead atoms. The van der Waals surface area contributed by atoms with Gasteiger partial charge in [-0.3, -0.25) is 4.79 Å². The van der Waals surface area contributed by atoms with Gasteiger partial charge in [-0.1, -0.05) is 11.3 Å². The standard InChI is InChI=1S/C20H29F4N3O2S/c1-14(28)25-15-2-6-19(21,7-3-15)8-12-27-10-4-16-17(5-11-27)30-18(26-16)29-13-9-20(22,23)24/h15H,2-13H2,1H3,(H,25,28). The Balaban J connectivity index is 1.41. The number of hydrogen-bond acceptors (Lipinski definition) is 5. The number of amides is 1. The summed E-state index contributed by atoms with van der Waals surface area (Å²) in [5, 5.41) is 3.18. The topological polar surface area (TPSA) is 54.5 Å². The summed E-state index contributed by atoms with van der Waals surface area (Å²) in [6.07, 6.45) is -1.00. The molecular weight excluding hydrogens is 422 g/mol. The third-order valence-corrected chi connectivity index (χ3v) is 6.92. The Morgan fingerprint density at radius 3 is 2.67 bits per heavy atom. The van der Waals surface area contributed by atoms with Crippen molar-refractivity contribution >= 4 is 17.2 Å². The molecule has 10 heteroatoms. The number of nitrogens with zero attached hydrogens (tertiary/aromatic N) is 2. The average molecular weight is 452 g/mol. The van der Waals surface area contributed by atoms with Crippen LogP contribution in [0.5, 0.6) is 5.19 Å². The van der Waals surface area contributed by atoms with E-state index in [1.807, 2.05) is 0 Å². The number of nitrogens with one attached hydrogen (secondary N) is 1. The number of halogens is 4. The second kappa shape index (κ2) is 9.80. The monoisotopic (exact) mass is 451 g/mol. The summed E-state index contributed by atoms with van der Waals surface area (Å²) in [5.74, 6) is -0.0640. The van der Waals surface area contributed by atoms with Gasteiger partial charge in [0.05, 0.1) is 18.7 Å². The van der Waals surface area contributed by atoms with Gasteiger partial charge in [0.15, 0.2) is 0 Å². The Kier molecular flexibility index (Phi) is 7.60. The van der Waals surface area contributed by atoms with E-state index in [0.29, 0.717) is 50.3 Å². The van der Waals surface area contributed by atoms with E-state index >= 15 is 4.39 Å². The molecule has 1 saturated carbocycles. The summed E-state index contributed by atoms with van der Waals surface area (Å²) in [5.41, 5.74) is -0.292. The van der Waals surface area contributed by atoms with Crippen molar-refractivity contribution in [2.24, 2.45) is 0 Å². The van der Waals surface area contributed by atoms with Crippen molar-refractivity contribution in [3.63, 3.8) is 0 Å². The first-order valence-corrected chi connectivity index (χ1v) is 11.3. The first-order valence-electron chi connectivity index (χ1n) is 10.5. The lowest BCUT2D eigenvalue weighted by Gasteiger charge is -2.35. The molecule has 1 aliphatic carbocycles. The van der Waals surface area contributed by atoms with E-state index < -0.39 is 24.9 Å². The molecule has 0 aromatic carbocycles. The molecule has 3 rings (SSSR count). The molecule has 170 valence electrons. The van der Waals surface area contributed by atoms with E-state index in [1.165, 1.54) is 18.3 Å². The van der Waals surface area contributed by atoms with E-state index in [4.69, 9.17) is 4.74 Å². The highest BCUT2D eigenvalue weighted by molar-refractivity contribution is 7.13. The van der Waals surface area contributed by atoms with E-state index in [1.54, 1.807) is 0 Å². The average Bonchev–Trinajstić information content (AvgIpc) is 2.94. The fraction of sp³-hybridized carbons (Fsp3) is 0.800. The Hall–Kier alpha value is -1.42. The number of carbonyl (C=O) groups excluding carboxylic acids is 1. The van der Waals surface area contributed by atoms with Crippen LogP contribution in [-0.2, 0) is 17.6 Å². The second-order valence-corrected chi connectivity index (χ2v) is 9.33. The molecule has 1 amide bonds. The third kappa shape index (κ3) is 7.08. The summed E-state index contributed by atoms with van der Waals surface area (Å²) in [4.78, 5) is 18.8. The van der Waals surface area contributed by atoms with Gasteiger partial charge in [-0.2, -0.15) is 13.2 Å². The molecule has 30 heavy (non-hydrogen) atoms. The first-order chi connectivity index (χ1) is 14.1. The Bertz CT molecular complexity index is 692. The van der Waals surface area contributed by atoms with Gasteiger partial charge in [0.2, 0.25) is 5.91 Å². The maximum atomic E-state index is 15.2. The van der Waals surface area contributed by atoms with Crippen molar-refractivity contribution in [3.05, 3.63) is 10.6 Å². The van der Waals surface area contributed by atoms with E-state index in [9.17, 15) is 18.0 Å². The van der Waals surface area contributed by atoms with Crippen molar-refractivity contribution in [3.8, 4) is 5.19 Å². The molecule has 1 aromatic rings. The van der Waals surface area contributed by atoms with Crippen molar-refractivity contribution in [1.82, 2.24) is 15.2 Å². The van der Waals surface area contributed by atoms with Gasteiger partial charge >= 0.3 is 6.18 Å². The molecule has 0 atom stereocenters. The van der Waals surface area contributed by atoms with Gasteiger partial charge < -0.3 is 15.0 Å².